The predicted octanol–water partition coefficient (Wildman–Crippen LogP) is 2.73. The molecular weight excluding hydrogens is 286 g/mol. The van der Waals surface area contributed by atoms with E-state index >= 15 is 0 Å². The van der Waals surface area contributed by atoms with Crippen LogP contribution in [0, 0.1) is 6.92 Å². The molecule has 1 amide bonds. The summed E-state index contributed by atoms with van der Waals surface area (Å²) in [7, 11) is 0. The lowest BCUT2D eigenvalue weighted by Crippen LogP contribution is -2.10. The Morgan fingerprint density at radius 3 is 2.59 bits per heavy atom. The van der Waals surface area contributed by atoms with E-state index in [0.29, 0.717) is 5.69 Å². The molecule has 5 heteroatoms. The summed E-state index contributed by atoms with van der Waals surface area (Å²) in [6, 6.07) is 5.37. The van der Waals surface area contributed by atoms with E-state index in [1.807, 2.05) is 13.0 Å². The van der Waals surface area contributed by atoms with Crippen molar-refractivity contribution in [1.82, 2.24) is 0 Å². The average Bonchev–Trinajstić information content (AvgIpc) is 2.23. The largest absolute Gasteiger partial charge is 0.478 e. The van der Waals surface area contributed by atoms with Crippen LogP contribution in [0.1, 0.15) is 12.5 Å². The number of hydrogen-bond donors (Lipinski definition) is 2. The van der Waals surface area contributed by atoms with Crippen LogP contribution in [0.3, 0.4) is 0 Å². The number of carbonyl (C=O) groups excluding carboxylic acids is 1. The van der Waals surface area contributed by atoms with Crippen LogP contribution in [0.25, 0.3) is 0 Å². The molecular formula is C12H12BrNO3. The standard InChI is InChI=1S/C12H12BrNO3/c1-7-3-4-9(6-10(7)13)14-11(15)5-8(2)12(16)17/h3-6H,1-2H3,(H,14,15)(H,16,17)/b8-5+. The Morgan fingerprint density at radius 2 is 2.06 bits per heavy atom. The van der Waals surface area contributed by atoms with Crippen molar-refractivity contribution in [2.24, 2.45) is 0 Å². The third-order valence-corrected chi connectivity index (χ3v) is 2.98. The SMILES string of the molecule is C/C(=C\C(=O)Nc1ccc(C)c(Br)c1)C(=O)O. The molecule has 17 heavy (non-hydrogen) atoms. The van der Waals surface area contributed by atoms with Crippen molar-refractivity contribution in [3.05, 3.63) is 39.9 Å². The van der Waals surface area contributed by atoms with Gasteiger partial charge in [-0.15, -0.1) is 0 Å². The molecule has 0 bridgehead atoms. The molecule has 0 aliphatic heterocycles. The molecule has 0 heterocycles. The molecule has 90 valence electrons. The van der Waals surface area contributed by atoms with E-state index in [2.05, 4.69) is 21.2 Å². The molecule has 0 saturated heterocycles. The zero-order chi connectivity index (χ0) is 13.0. The second-order valence-electron chi connectivity index (χ2n) is 3.59. The van der Waals surface area contributed by atoms with Gasteiger partial charge in [-0.3, -0.25) is 4.79 Å². The van der Waals surface area contributed by atoms with E-state index in [1.54, 1.807) is 12.1 Å². The molecule has 0 aliphatic rings. The maximum Gasteiger partial charge on any atom is 0.331 e. The van der Waals surface area contributed by atoms with Crippen LogP contribution in [-0.4, -0.2) is 17.0 Å². The molecule has 1 aromatic rings. The topological polar surface area (TPSA) is 66.4 Å². The number of carboxylic acid groups (broad SMARTS) is 1. The number of carboxylic acids is 1. The Bertz CT molecular complexity index is 495. The van der Waals surface area contributed by atoms with Gasteiger partial charge in [-0.2, -0.15) is 0 Å². The number of benzene rings is 1. The highest BCUT2D eigenvalue weighted by Crippen LogP contribution is 2.20. The third kappa shape index (κ3) is 4.03. The summed E-state index contributed by atoms with van der Waals surface area (Å²) in [5, 5.41) is 11.2. The second kappa shape index (κ2) is 5.63. The Labute approximate surface area is 107 Å². The lowest BCUT2D eigenvalue weighted by Gasteiger charge is -2.04. The monoisotopic (exact) mass is 297 g/mol. The molecule has 4 nitrogen and oxygen atoms in total. The van der Waals surface area contributed by atoms with Gasteiger partial charge in [0.15, 0.2) is 0 Å². The van der Waals surface area contributed by atoms with E-state index in [1.165, 1.54) is 6.92 Å². The molecule has 0 saturated carbocycles. The number of rotatable bonds is 3. The van der Waals surface area contributed by atoms with Gasteiger partial charge in [-0.1, -0.05) is 22.0 Å². The summed E-state index contributed by atoms with van der Waals surface area (Å²) in [5.41, 5.74) is 1.66. The number of nitrogens with one attached hydrogen (secondary N) is 1. The molecule has 0 atom stereocenters. The Morgan fingerprint density at radius 1 is 1.41 bits per heavy atom. The van der Waals surface area contributed by atoms with Crippen molar-refractivity contribution in [3.63, 3.8) is 0 Å². The third-order valence-electron chi connectivity index (χ3n) is 2.12. The van der Waals surface area contributed by atoms with E-state index in [-0.39, 0.29) is 5.57 Å². The van der Waals surface area contributed by atoms with Crippen LogP contribution < -0.4 is 5.32 Å². The fourth-order valence-corrected chi connectivity index (χ4v) is 1.49. The first-order chi connectivity index (χ1) is 7.90. The van der Waals surface area contributed by atoms with Gasteiger partial charge in [0.05, 0.1) is 0 Å². The molecule has 0 unspecified atom stereocenters. The first-order valence-corrected chi connectivity index (χ1v) is 5.68. The maximum absolute atomic E-state index is 11.5. The van der Waals surface area contributed by atoms with Crippen molar-refractivity contribution >= 4 is 33.5 Å². The molecule has 0 aliphatic carbocycles. The van der Waals surface area contributed by atoms with Gasteiger partial charge in [0.2, 0.25) is 5.91 Å². The van der Waals surface area contributed by atoms with Crippen molar-refractivity contribution < 1.29 is 14.7 Å². The second-order valence-corrected chi connectivity index (χ2v) is 4.44. The van der Waals surface area contributed by atoms with Crippen molar-refractivity contribution in [3.8, 4) is 0 Å². The summed E-state index contributed by atoms with van der Waals surface area (Å²) in [6.45, 7) is 3.30. The van der Waals surface area contributed by atoms with Gasteiger partial charge < -0.3 is 10.4 Å². The zero-order valence-corrected chi connectivity index (χ0v) is 11.0. The number of carbonyl (C=O) groups is 2. The highest BCUT2D eigenvalue weighted by atomic mass is 79.9. The van der Waals surface area contributed by atoms with Crippen LogP contribution in [0.4, 0.5) is 5.69 Å². The van der Waals surface area contributed by atoms with Gasteiger partial charge in [0.25, 0.3) is 0 Å². The first kappa shape index (κ1) is 13.4. The number of anilines is 1. The predicted molar refractivity (Wildman–Crippen MR) is 68.9 cm³/mol. The normalized spacial score (nSPS) is 11.1. The van der Waals surface area contributed by atoms with Crippen molar-refractivity contribution in [2.45, 2.75) is 13.8 Å². The smallest absolute Gasteiger partial charge is 0.331 e. The Kier molecular flexibility index (Phi) is 4.45. The maximum atomic E-state index is 11.5. The first-order valence-electron chi connectivity index (χ1n) is 4.89. The quantitative estimate of drug-likeness (QED) is 0.843. The van der Waals surface area contributed by atoms with Crippen LogP contribution in [0.2, 0.25) is 0 Å². The minimum Gasteiger partial charge on any atom is -0.478 e. The average molecular weight is 298 g/mol. The number of hydrogen-bond acceptors (Lipinski definition) is 2. The number of amides is 1. The lowest BCUT2D eigenvalue weighted by molar-refractivity contribution is -0.132. The molecule has 0 fully saturated rings. The number of aryl methyl sites for hydroxylation is 1. The minimum atomic E-state index is -1.11. The van der Waals surface area contributed by atoms with Gasteiger partial charge in [0.1, 0.15) is 0 Å². The summed E-state index contributed by atoms with van der Waals surface area (Å²) < 4.78 is 0.884. The van der Waals surface area contributed by atoms with Gasteiger partial charge >= 0.3 is 5.97 Å². The summed E-state index contributed by atoms with van der Waals surface area (Å²) in [4.78, 5) is 22.0. The van der Waals surface area contributed by atoms with Crippen molar-refractivity contribution in [1.29, 1.82) is 0 Å². The van der Waals surface area contributed by atoms with Crippen LogP contribution in [0.15, 0.2) is 34.3 Å². The van der Waals surface area contributed by atoms with Crippen LogP contribution >= 0.6 is 15.9 Å². The van der Waals surface area contributed by atoms with Gasteiger partial charge in [0, 0.05) is 21.8 Å². The van der Waals surface area contributed by atoms with E-state index in [4.69, 9.17) is 5.11 Å². The Hall–Kier alpha value is -1.62. The summed E-state index contributed by atoms with van der Waals surface area (Å²) >= 11 is 3.35. The lowest BCUT2D eigenvalue weighted by atomic mass is 10.2. The highest BCUT2D eigenvalue weighted by Gasteiger charge is 2.05. The van der Waals surface area contributed by atoms with Gasteiger partial charge in [-0.05, 0) is 31.5 Å². The summed E-state index contributed by atoms with van der Waals surface area (Å²) in [6.07, 6.45) is 1.05. The molecule has 0 aromatic heterocycles. The van der Waals surface area contributed by atoms with E-state index < -0.39 is 11.9 Å². The fraction of sp³-hybridized carbons (Fsp3) is 0.167. The van der Waals surface area contributed by atoms with Gasteiger partial charge in [-0.25, -0.2) is 4.79 Å². The molecule has 1 rings (SSSR count). The number of aliphatic carboxylic acids is 1. The van der Waals surface area contributed by atoms with E-state index in [9.17, 15) is 9.59 Å². The number of halogens is 1. The van der Waals surface area contributed by atoms with E-state index in [0.717, 1.165) is 16.1 Å². The molecule has 1 aromatic carbocycles. The molecule has 0 spiro atoms. The molecule has 2 N–H and O–H groups in total. The molecule has 0 radical (unpaired) electrons. The van der Waals surface area contributed by atoms with Crippen LogP contribution in [-0.2, 0) is 9.59 Å². The van der Waals surface area contributed by atoms with Crippen LogP contribution in [0.5, 0.6) is 0 Å². The summed E-state index contributed by atoms with van der Waals surface area (Å²) in [5.74, 6) is -1.56. The fourth-order valence-electron chi connectivity index (χ4n) is 1.11. The minimum absolute atomic E-state index is 0.00585. The Balaban J connectivity index is 2.78. The zero-order valence-electron chi connectivity index (χ0n) is 9.45. The van der Waals surface area contributed by atoms with Crippen molar-refractivity contribution in [2.75, 3.05) is 5.32 Å². The highest BCUT2D eigenvalue weighted by molar-refractivity contribution is 9.10.